The molecule has 24 heavy (non-hydrogen) atoms. The number of rotatable bonds is 1. The number of ketones is 2. The summed E-state index contributed by atoms with van der Waals surface area (Å²) in [5.74, 6) is 2.97. The zero-order valence-corrected chi connectivity index (χ0v) is 15.4. The molecule has 4 fully saturated rings. The molecule has 3 heteroatoms. The Bertz CT molecular complexity index is 569. The molecule has 4 aliphatic carbocycles. The summed E-state index contributed by atoms with van der Waals surface area (Å²) in [6, 6.07) is 0. The minimum Gasteiger partial charge on any atom is -0.393 e. The smallest absolute Gasteiger partial charge is 0.141 e. The fraction of sp³-hybridized carbons (Fsp3) is 0.905. The molecule has 0 amide bonds. The highest BCUT2D eigenvalue weighted by Gasteiger charge is 2.62. The Kier molecular flexibility index (Phi) is 3.77. The summed E-state index contributed by atoms with van der Waals surface area (Å²) >= 11 is 0. The van der Waals surface area contributed by atoms with Crippen molar-refractivity contribution < 1.29 is 14.7 Å². The second-order valence-electron chi connectivity index (χ2n) is 9.74. The van der Waals surface area contributed by atoms with E-state index >= 15 is 0 Å². The molecule has 0 saturated heterocycles. The molecular weight excluding hydrogens is 300 g/mol. The van der Waals surface area contributed by atoms with E-state index in [2.05, 4.69) is 13.8 Å². The van der Waals surface area contributed by atoms with Crippen LogP contribution in [-0.2, 0) is 9.59 Å². The first-order valence-electron chi connectivity index (χ1n) is 10.00. The minimum absolute atomic E-state index is 0.160. The van der Waals surface area contributed by atoms with Crippen LogP contribution in [0.25, 0.3) is 0 Å². The molecule has 0 aromatic rings. The second-order valence-corrected chi connectivity index (χ2v) is 9.74. The molecule has 4 aliphatic rings. The molecule has 0 aromatic heterocycles. The van der Waals surface area contributed by atoms with Crippen molar-refractivity contribution in [3.8, 4) is 0 Å². The maximum Gasteiger partial charge on any atom is 0.141 e. The predicted molar refractivity (Wildman–Crippen MR) is 92.3 cm³/mol. The highest BCUT2D eigenvalue weighted by molar-refractivity contribution is 5.86. The zero-order valence-electron chi connectivity index (χ0n) is 15.4. The van der Waals surface area contributed by atoms with E-state index in [-0.39, 0.29) is 16.7 Å². The molecule has 4 rings (SSSR count). The Morgan fingerprint density at radius 2 is 1.83 bits per heavy atom. The van der Waals surface area contributed by atoms with Crippen LogP contribution in [0.15, 0.2) is 0 Å². The quantitative estimate of drug-likeness (QED) is 0.795. The first-order chi connectivity index (χ1) is 11.3. The van der Waals surface area contributed by atoms with Gasteiger partial charge >= 0.3 is 0 Å². The van der Waals surface area contributed by atoms with E-state index in [1.807, 2.05) is 0 Å². The number of fused-ring (bicyclic) bond motifs is 5. The Hall–Kier alpha value is -0.700. The van der Waals surface area contributed by atoms with Crippen molar-refractivity contribution in [1.29, 1.82) is 0 Å². The van der Waals surface area contributed by atoms with Crippen molar-refractivity contribution in [2.75, 3.05) is 0 Å². The summed E-state index contributed by atoms with van der Waals surface area (Å²) in [6.45, 7) is 6.34. The summed E-state index contributed by atoms with van der Waals surface area (Å²) < 4.78 is 0. The molecular formula is C21H32O3. The van der Waals surface area contributed by atoms with Gasteiger partial charge in [-0.1, -0.05) is 13.8 Å². The van der Waals surface area contributed by atoms with Crippen molar-refractivity contribution in [2.45, 2.75) is 78.2 Å². The van der Waals surface area contributed by atoms with Gasteiger partial charge in [0.15, 0.2) is 0 Å². The van der Waals surface area contributed by atoms with E-state index < -0.39 is 6.10 Å². The average molecular weight is 332 g/mol. The third-order valence-electron chi connectivity index (χ3n) is 8.97. The van der Waals surface area contributed by atoms with Gasteiger partial charge in [0.25, 0.3) is 0 Å². The highest BCUT2D eigenvalue weighted by Crippen LogP contribution is 2.66. The van der Waals surface area contributed by atoms with E-state index in [1.165, 1.54) is 12.8 Å². The Labute approximate surface area is 145 Å². The van der Waals surface area contributed by atoms with Crippen LogP contribution in [0.4, 0.5) is 0 Å². The zero-order chi connectivity index (χ0) is 17.3. The first kappa shape index (κ1) is 16.8. The number of carbonyl (C=O) groups excluding carboxylic acids is 2. The third kappa shape index (κ3) is 2.06. The van der Waals surface area contributed by atoms with Crippen LogP contribution >= 0.6 is 0 Å². The van der Waals surface area contributed by atoms with Crippen molar-refractivity contribution in [3.05, 3.63) is 0 Å². The van der Waals surface area contributed by atoms with E-state index in [1.54, 1.807) is 6.92 Å². The van der Waals surface area contributed by atoms with Crippen LogP contribution in [0.5, 0.6) is 0 Å². The molecule has 2 unspecified atom stereocenters. The molecule has 0 heterocycles. The maximum absolute atomic E-state index is 12.9. The van der Waals surface area contributed by atoms with Gasteiger partial charge in [-0.25, -0.2) is 0 Å². The van der Waals surface area contributed by atoms with E-state index in [0.717, 1.165) is 32.1 Å². The van der Waals surface area contributed by atoms with Gasteiger partial charge in [-0.2, -0.15) is 0 Å². The summed E-state index contributed by atoms with van der Waals surface area (Å²) in [5, 5.41) is 10.1. The Morgan fingerprint density at radius 1 is 1.08 bits per heavy atom. The average Bonchev–Trinajstić information content (AvgIpc) is 2.86. The van der Waals surface area contributed by atoms with Crippen LogP contribution in [0, 0.1) is 40.4 Å². The number of hydrogen-bond donors (Lipinski definition) is 1. The number of hydrogen-bond acceptors (Lipinski definition) is 3. The lowest BCUT2D eigenvalue weighted by molar-refractivity contribution is -0.163. The number of Topliss-reactive ketones (excluding diaryl/α,β-unsaturated/α-hetero) is 2. The lowest BCUT2D eigenvalue weighted by Gasteiger charge is -2.59. The lowest BCUT2D eigenvalue weighted by atomic mass is 9.44. The van der Waals surface area contributed by atoms with Crippen LogP contribution in [0.3, 0.4) is 0 Å². The summed E-state index contributed by atoms with van der Waals surface area (Å²) in [5.41, 5.74) is -0.0643. The topological polar surface area (TPSA) is 54.4 Å². The van der Waals surface area contributed by atoms with E-state index in [9.17, 15) is 14.7 Å². The Balaban J connectivity index is 1.66. The monoisotopic (exact) mass is 332 g/mol. The molecule has 134 valence electrons. The molecule has 0 aromatic carbocycles. The van der Waals surface area contributed by atoms with Gasteiger partial charge in [0.1, 0.15) is 11.6 Å². The van der Waals surface area contributed by atoms with Crippen molar-refractivity contribution in [3.63, 3.8) is 0 Å². The number of aliphatic hydroxyl groups excluding tert-OH is 1. The number of carbonyl (C=O) groups is 2. The molecule has 0 bridgehead atoms. The SMILES string of the molecule is CC(=O)[C@H]1CC[C@H]2[C@@H]3CCC4CC(O)CC(=O)[C@]4(C)[C@H]3CC[C@]12C. The largest absolute Gasteiger partial charge is 0.393 e. The first-order valence-corrected chi connectivity index (χ1v) is 10.00. The van der Waals surface area contributed by atoms with Gasteiger partial charge in [0.2, 0.25) is 0 Å². The molecule has 0 spiro atoms. The van der Waals surface area contributed by atoms with E-state index in [4.69, 9.17) is 0 Å². The van der Waals surface area contributed by atoms with Gasteiger partial charge in [-0.15, -0.1) is 0 Å². The van der Waals surface area contributed by atoms with Crippen LogP contribution in [0.2, 0.25) is 0 Å². The third-order valence-corrected chi connectivity index (χ3v) is 8.97. The fourth-order valence-corrected chi connectivity index (χ4v) is 7.74. The standard InChI is InChI=1S/C21H32O3/c1-12(22)16-6-7-17-15-5-4-13-10-14(23)11-19(24)21(13,3)18(15)8-9-20(16,17)2/h13-18,23H,4-11H2,1-3H3/t13?,14?,15-,16+,17-,18-,20+,21-/m0/s1. The molecule has 4 saturated carbocycles. The summed E-state index contributed by atoms with van der Waals surface area (Å²) in [6.07, 6.45) is 7.42. The van der Waals surface area contributed by atoms with Crippen molar-refractivity contribution >= 4 is 11.6 Å². The number of aliphatic hydroxyl groups is 1. The van der Waals surface area contributed by atoms with Gasteiger partial charge in [-0.3, -0.25) is 9.59 Å². The van der Waals surface area contributed by atoms with Gasteiger partial charge < -0.3 is 5.11 Å². The summed E-state index contributed by atoms with van der Waals surface area (Å²) in [4.78, 5) is 25.1. The fourth-order valence-electron chi connectivity index (χ4n) is 7.74. The van der Waals surface area contributed by atoms with Gasteiger partial charge in [-0.05, 0) is 81.0 Å². The predicted octanol–water partition coefficient (Wildman–Crippen LogP) is 3.77. The lowest BCUT2D eigenvalue weighted by Crippen LogP contribution is -2.57. The molecule has 3 nitrogen and oxygen atoms in total. The maximum atomic E-state index is 12.9. The minimum atomic E-state index is -0.422. The van der Waals surface area contributed by atoms with Crippen LogP contribution in [-0.4, -0.2) is 22.8 Å². The highest BCUT2D eigenvalue weighted by atomic mass is 16.3. The van der Waals surface area contributed by atoms with Gasteiger partial charge in [0, 0.05) is 17.8 Å². The molecule has 8 atom stereocenters. The van der Waals surface area contributed by atoms with E-state index in [0.29, 0.717) is 41.7 Å². The van der Waals surface area contributed by atoms with Crippen molar-refractivity contribution in [1.82, 2.24) is 0 Å². The Morgan fingerprint density at radius 3 is 2.54 bits per heavy atom. The normalized spacial score (nSPS) is 53.9. The van der Waals surface area contributed by atoms with Crippen molar-refractivity contribution in [2.24, 2.45) is 40.4 Å². The van der Waals surface area contributed by atoms with Crippen LogP contribution < -0.4 is 0 Å². The van der Waals surface area contributed by atoms with Crippen LogP contribution in [0.1, 0.15) is 72.1 Å². The molecule has 0 radical (unpaired) electrons. The summed E-state index contributed by atoms with van der Waals surface area (Å²) in [7, 11) is 0. The molecule has 0 aliphatic heterocycles. The van der Waals surface area contributed by atoms with Gasteiger partial charge in [0.05, 0.1) is 6.10 Å². The second kappa shape index (κ2) is 5.40. The molecule has 1 N–H and O–H groups in total.